The molecule has 0 atom stereocenters. The molecular weight excluding hydrogens is 446 g/mol. The Hall–Kier alpha value is -4.23. The first-order valence-electron chi connectivity index (χ1n) is 11.2. The third-order valence-corrected chi connectivity index (χ3v) is 5.63. The molecule has 1 aromatic carbocycles. The number of carbonyl (C=O) groups excluding carboxylic acids is 1. The van der Waals surface area contributed by atoms with Gasteiger partial charge in [0.1, 0.15) is 6.07 Å². The Morgan fingerprint density at radius 2 is 2.00 bits per heavy atom. The van der Waals surface area contributed by atoms with Crippen molar-refractivity contribution in [2.24, 2.45) is 0 Å². The molecule has 35 heavy (non-hydrogen) atoms. The van der Waals surface area contributed by atoms with E-state index in [0.717, 1.165) is 37.3 Å². The van der Waals surface area contributed by atoms with E-state index in [1.54, 1.807) is 32.4 Å². The summed E-state index contributed by atoms with van der Waals surface area (Å²) in [7, 11) is 4.85. The normalized spacial score (nSPS) is 13.5. The van der Waals surface area contributed by atoms with Gasteiger partial charge in [0.15, 0.2) is 11.6 Å². The van der Waals surface area contributed by atoms with E-state index in [2.05, 4.69) is 31.7 Å². The summed E-state index contributed by atoms with van der Waals surface area (Å²) < 4.78 is 10.8. The lowest BCUT2D eigenvalue weighted by atomic mass is 10.0. The molecule has 4 rings (SSSR count). The van der Waals surface area contributed by atoms with Crippen LogP contribution in [0.4, 0.5) is 17.5 Å². The van der Waals surface area contributed by atoms with Gasteiger partial charge in [-0.2, -0.15) is 5.26 Å². The summed E-state index contributed by atoms with van der Waals surface area (Å²) in [4.78, 5) is 26.9. The number of benzene rings is 1. The topological polar surface area (TPSA) is 125 Å². The molecule has 1 aliphatic heterocycles. The number of methoxy groups -OCH3 is 1. The number of pyridine rings is 1. The highest BCUT2D eigenvalue weighted by molar-refractivity contribution is 5.94. The molecule has 3 aromatic rings. The molecule has 1 amide bonds. The van der Waals surface area contributed by atoms with Crippen LogP contribution in [0.1, 0.15) is 28.8 Å². The number of hydrogen-bond acceptors (Lipinski definition) is 9. The third-order valence-electron chi connectivity index (χ3n) is 5.63. The fourth-order valence-corrected chi connectivity index (χ4v) is 3.74. The third kappa shape index (κ3) is 5.65. The van der Waals surface area contributed by atoms with E-state index < -0.39 is 0 Å². The number of amides is 1. The van der Waals surface area contributed by atoms with Crippen molar-refractivity contribution in [1.82, 2.24) is 19.9 Å². The van der Waals surface area contributed by atoms with Gasteiger partial charge >= 0.3 is 0 Å². The van der Waals surface area contributed by atoms with Crippen LogP contribution in [0.5, 0.6) is 5.75 Å². The minimum Gasteiger partial charge on any atom is -0.493 e. The van der Waals surface area contributed by atoms with E-state index in [4.69, 9.17) is 9.47 Å². The van der Waals surface area contributed by atoms with Crippen molar-refractivity contribution >= 4 is 23.4 Å². The van der Waals surface area contributed by atoms with Crippen molar-refractivity contribution < 1.29 is 14.3 Å². The summed E-state index contributed by atoms with van der Waals surface area (Å²) in [6.45, 7) is 1.45. The smallest absolute Gasteiger partial charge is 0.255 e. The van der Waals surface area contributed by atoms with Crippen LogP contribution in [0.2, 0.25) is 0 Å². The number of rotatable bonds is 7. The highest BCUT2D eigenvalue weighted by atomic mass is 16.5. The van der Waals surface area contributed by atoms with Crippen molar-refractivity contribution in [3.63, 3.8) is 0 Å². The van der Waals surface area contributed by atoms with Crippen molar-refractivity contribution in [3.8, 4) is 23.1 Å². The molecule has 1 saturated heterocycles. The van der Waals surface area contributed by atoms with Crippen molar-refractivity contribution in [2.45, 2.75) is 18.9 Å². The maximum Gasteiger partial charge on any atom is 0.255 e. The first-order valence-corrected chi connectivity index (χ1v) is 11.2. The van der Waals surface area contributed by atoms with Crippen LogP contribution in [0.15, 0.2) is 42.7 Å². The molecule has 10 heteroatoms. The lowest BCUT2D eigenvalue weighted by Crippen LogP contribution is -2.28. The maximum atomic E-state index is 12.2. The fraction of sp³-hybridized carbons (Fsp3) is 0.320. The Morgan fingerprint density at radius 1 is 1.20 bits per heavy atom. The van der Waals surface area contributed by atoms with E-state index >= 15 is 0 Å². The molecule has 0 saturated carbocycles. The molecule has 180 valence electrons. The molecule has 2 aromatic heterocycles. The first kappa shape index (κ1) is 23.9. The van der Waals surface area contributed by atoms with Gasteiger partial charge in [0.25, 0.3) is 5.91 Å². The fourth-order valence-electron chi connectivity index (χ4n) is 3.74. The van der Waals surface area contributed by atoms with Crippen molar-refractivity contribution in [3.05, 3.63) is 53.9 Å². The van der Waals surface area contributed by atoms with Gasteiger partial charge in [-0.15, -0.1) is 0 Å². The Balaban J connectivity index is 1.55. The minimum atomic E-state index is -0.177. The lowest BCUT2D eigenvalue weighted by molar-refractivity contribution is 0.0826. The average Bonchev–Trinajstić information content (AvgIpc) is 2.89. The van der Waals surface area contributed by atoms with Crippen LogP contribution in [-0.4, -0.2) is 66.2 Å². The molecule has 0 radical (unpaired) electrons. The van der Waals surface area contributed by atoms with E-state index in [-0.39, 0.29) is 5.91 Å². The quantitative estimate of drug-likeness (QED) is 0.530. The van der Waals surface area contributed by atoms with Gasteiger partial charge in [-0.1, -0.05) is 6.07 Å². The van der Waals surface area contributed by atoms with Crippen molar-refractivity contribution in [2.75, 3.05) is 45.1 Å². The van der Waals surface area contributed by atoms with Crippen LogP contribution in [-0.2, 0) is 4.74 Å². The average molecular weight is 474 g/mol. The number of aromatic nitrogens is 3. The molecule has 0 aliphatic carbocycles. The Morgan fingerprint density at radius 3 is 2.71 bits per heavy atom. The van der Waals surface area contributed by atoms with Gasteiger partial charge in [-0.25, -0.2) is 15.0 Å². The van der Waals surface area contributed by atoms with Gasteiger partial charge in [-0.3, -0.25) is 4.79 Å². The Labute approximate surface area is 203 Å². The number of nitriles is 1. The van der Waals surface area contributed by atoms with E-state index in [1.807, 2.05) is 18.2 Å². The molecule has 0 unspecified atom stereocenters. The van der Waals surface area contributed by atoms with Crippen LogP contribution in [0.25, 0.3) is 11.3 Å². The van der Waals surface area contributed by atoms with E-state index in [0.29, 0.717) is 40.4 Å². The van der Waals surface area contributed by atoms with Gasteiger partial charge in [0, 0.05) is 51.3 Å². The maximum absolute atomic E-state index is 12.2. The van der Waals surface area contributed by atoms with Gasteiger partial charge < -0.3 is 25.0 Å². The molecular formula is C25H27N7O3. The molecule has 1 fully saturated rings. The zero-order chi connectivity index (χ0) is 24.8. The largest absolute Gasteiger partial charge is 0.493 e. The summed E-state index contributed by atoms with van der Waals surface area (Å²) in [5.41, 5.74) is 3.19. The molecule has 0 bridgehead atoms. The zero-order valence-electron chi connectivity index (χ0n) is 19.9. The molecule has 1 aliphatic rings. The summed E-state index contributed by atoms with van der Waals surface area (Å²) >= 11 is 0. The Bertz CT molecular complexity index is 1250. The standard InChI is InChI=1S/C25H27N7O3/c1-32(2)24(33)18-13-22(34-3)23(28-15-18)31-25-27-9-6-21(30-25)16-4-5-20(17(12-16)14-26)29-19-7-10-35-11-8-19/h4-6,9,12-13,15,19,29H,7-8,10-11H2,1-3H3,(H,27,28,30,31). The number of ether oxygens (including phenoxy) is 2. The van der Waals surface area contributed by atoms with Crippen LogP contribution < -0.4 is 15.4 Å². The van der Waals surface area contributed by atoms with Crippen LogP contribution in [0.3, 0.4) is 0 Å². The summed E-state index contributed by atoms with van der Waals surface area (Å²) in [6.07, 6.45) is 4.92. The molecule has 0 spiro atoms. The number of anilines is 3. The molecule has 2 N–H and O–H groups in total. The zero-order valence-corrected chi connectivity index (χ0v) is 19.9. The predicted octanol–water partition coefficient (Wildman–Crippen LogP) is 3.46. The highest BCUT2D eigenvalue weighted by Gasteiger charge is 2.17. The van der Waals surface area contributed by atoms with Gasteiger partial charge in [0.2, 0.25) is 5.95 Å². The number of hydrogen-bond donors (Lipinski definition) is 2. The van der Waals surface area contributed by atoms with Gasteiger partial charge in [-0.05, 0) is 37.1 Å². The minimum absolute atomic E-state index is 0.177. The van der Waals surface area contributed by atoms with Gasteiger partial charge in [0.05, 0.1) is 29.6 Å². The second-order valence-corrected chi connectivity index (χ2v) is 8.27. The van der Waals surface area contributed by atoms with E-state index in [9.17, 15) is 10.1 Å². The van der Waals surface area contributed by atoms with Crippen molar-refractivity contribution in [1.29, 1.82) is 5.26 Å². The number of carbonyl (C=O) groups is 1. The van der Waals surface area contributed by atoms with Crippen LogP contribution >= 0.6 is 0 Å². The predicted molar refractivity (Wildman–Crippen MR) is 132 cm³/mol. The second kappa shape index (κ2) is 10.8. The van der Waals surface area contributed by atoms with E-state index in [1.165, 1.54) is 18.2 Å². The summed E-state index contributed by atoms with van der Waals surface area (Å²) in [5, 5.41) is 16.2. The van der Waals surface area contributed by atoms with Crippen LogP contribution in [0, 0.1) is 11.3 Å². The Kier molecular flexibility index (Phi) is 7.38. The molecule has 10 nitrogen and oxygen atoms in total. The first-order chi connectivity index (χ1) is 17.0. The summed E-state index contributed by atoms with van der Waals surface area (Å²) in [5.74, 6) is 0.905. The molecule has 3 heterocycles. The summed E-state index contributed by atoms with van der Waals surface area (Å²) in [6, 6.07) is 11.6. The number of nitrogens with one attached hydrogen (secondary N) is 2. The highest BCUT2D eigenvalue weighted by Crippen LogP contribution is 2.28. The second-order valence-electron chi connectivity index (χ2n) is 8.27. The lowest BCUT2D eigenvalue weighted by Gasteiger charge is -2.24. The number of nitrogens with zero attached hydrogens (tertiary/aromatic N) is 5. The SMILES string of the molecule is COc1cc(C(=O)N(C)C)cnc1Nc1nccc(-c2ccc(NC3CCOCC3)c(C#N)c2)n1. The monoisotopic (exact) mass is 473 g/mol.